The van der Waals surface area contributed by atoms with Crippen molar-refractivity contribution in [2.75, 3.05) is 19.7 Å². The summed E-state index contributed by atoms with van der Waals surface area (Å²) in [6.07, 6.45) is 1.72. The molecule has 1 aliphatic rings. The summed E-state index contributed by atoms with van der Waals surface area (Å²) >= 11 is 0. The Balaban J connectivity index is 1.50. The van der Waals surface area contributed by atoms with E-state index in [9.17, 15) is 4.79 Å². The van der Waals surface area contributed by atoms with Crippen LogP contribution in [0.5, 0.6) is 0 Å². The van der Waals surface area contributed by atoms with Gasteiger partial charge in [0.15, 0.2) is 0 Å². The van der Waals surface area contributed by atoms with E-state index < -0.39 is 0 Å². The monoisotopic (exact) mass is 338 g/mol. The van der Waals surface area contributed by atoms with Crippen LogP contribution in [0.4, 0.5) is 0 Å². The summed E-state index contributed by atoms with van der Waals surface area (Å²) in [5.74, 6) is 1.03. The second-order valence-electron chi connectivity index (χ2n) is 6.04. The van der Waals surface area contributed by atoms with Crippen molar-refractivity contribution >= 4 is 16.8 Å². The van der Waals surface area contributed by atoms with Crippen molar-refractivity contribution in [3.05, 3.63) is 53.8 Å². The maximum atomic E-state index is 12.8. The van der Waals surface area contributed by atoms with Crippen molar-refractivity contribution in [3.63, 3.8) is 0 Å². The molecule has 7 nitrogen and oxygen atoms in total. The maximum Gasteiger partial charge on any atom is 0.227 e. The average Bonchev–Trinajstić information content (AvgIpc) is 3.09. The lowest BCUT2D eigenvalue weighted by atomic mass is 10.1. The molecule has 3 aromatic rings. The van der Waals surface area contributed by atoms with Gasteiger partial charge in [0.2, 0.25) is 17.6 Å². The van der Waals surface area contributed by atoms with E-state index >= 15 is 0 Å². The summed E-state index contributed by atoms with van der Waals surface area (Å²) in [5.41, 5.74) is 1.80. The highest BCUT2D eigenvalue weighted by Gasteiger charge is 2.28. The first-order chi connectivity index (χ1) is 12.2. The van der Waals surface area contributed by atoms with Crippen molar-refractivity contribution in [2.24, 2.45) is 0 Å². The summed E-state index contributed by atoms with van der Waals surface area (Å²) < 4.78 is 10.7. The van der Waals surface area contributed by atoms with Gasteiger partial charge >= 0.3 is 0 Å². The van der Waals surface area contributed by atoms with Crippen LogP contribution in [0.15, 0.2) is 41.1 Å². The molecule has 1 aliphatic heterocycles. The topological polar surface area (TPSA) is 81.4 Å². The first-order valence-corrected chi connectivity index (χ1v) is 8.23. The molecule has 3 heterocycles. The molecular weight excluding hydrogens is 320 g/mol. The molecule has 1 saturated heterocycles. The van der Waals surface area contributed by atoms with Crippen LogP contribution in [0.2, 0.25) is 0 Å². The number of pyridine rings is 1. The van der Waals surface area contributed by atoms with Gasteiger partial charge in [0.1, 0.15) is 6.10 Å². The summed E-state index contributed by atoms with van der Waals surface area (Å²) in [5, 5.41) is 4.94. The number of amides is 1. The standard InChI is InChI=1S/C18H18N4O3/c1-12-20-18(21-25-12)15-11-22(8-9-24-15)16(23)10-14-5-2-4-13-6-3-7-19-17(13)14/h2-7,15H,8-11H2,1H3. The molecule has 1 atom stereocenters. The number of hydrogen-bond donors (Lipinski definition) is 0. The highest BCUT2D eigenvalue weighted by atomic mass is 16.5. The summed E-state index contributed by atoms with van der Waals surface area (Å²) in [6, 6.07) is 9.80. The van der Waals surface area contributed by atoms with E-state index in [2.05, 4.69) is 15.1 Å². The van der Waals surface area contributed by atoms with Crippen LogP contribution in [0.25, 0.3) is 10.9 Å². The summed E-state index contributed by atoms with van der Waals surface area (Å²) in [4.78, 5) is 23.2. The van der Waals surface area contributed by atoms with Crippen LogP contribution in [-0.2, 0) is 16.0 Å². The fourth-order valence-electron chi connectivity index (χ4n) is 3.06. The number of carbonyl (C=O) groups excluding carboxylic acids is 1. The number of aromatic nitrogens is 3. The largest absolute Gasteiger partial charge is 0.366 e. The molecule has 1 aromatic carbocycles. The van der Waals surface area contributed by atoms with Gasteiger partial charge < -0.3 is 14.2 Å². The Labute approximate surface area is 144 Å². The number of aryl methyl sites for hydroxylation is 1. The molecule has 1 unspecified atom stereocenters. The van der Waals surface area contributed by atoms with E-state index in [0.29, 0.717) is 37.8 Å². The van der Waals surface area contributed by atoms with Crippen LogP contribution in [-0.4, -0.2) is 45.6 Å². The number of nitrogens with zero attached hydrogens (tertiary/aromatic N) is 4. The molecule has 0 aliphatic carbocycles. The number of carbonyl (C=O) groups is 1. The van der Waals surface area contributed by atoms with Crippen molar-refractivity contribution in [2.45, 2.75) is 19.4 Å². The second-order valence-corrected chi connectivity index (χ2v) is 6.04. The molecular formula is C18H18N4O3. The number of fused-ring (bicyclic) bond motifs is 1. The molecule has 4 rings (SSSR count). The average molecular weight is 338 g/mol. The minimum absolute atomic E-state index is 0.0478. The number of rotatable bonds is 3. The van der Waals surface area contributed by atoms with Gasteiger partial charge in [-0.25, -0.2) is 0 Å². The smallest absolute Gasteiger partial charge is 0.227 e. The third-order valence-electron chi connectivity index (χ3n) is 4.31. The number of para-hydroxylation sites is 1. The van der Waals surface area contributed by atoms with Crippen molar-refractivity contribution in [3.8, 4) is 0 Å². The molecule has 1 fully saturated rings. The van der Waals surface area contributed by atoms with Gasteiger partial charge in [-0.3, -0.25) is 9.78 Å². The normalized spacial score (nSPS) is 17.8. The van der Waals surface area contributed by atoms with Crippen molar-refractivity contribution < 1.29 is 14.1 Å². The summed E-state index contributed by atoms with van der Waals surface area (Å²) in [6.45, 7) is 3.17. The van der Waals surface area contributed by atoms with Crippen LogP contribution < -0.4 is 0 Å². The lowest BCUT2D eigenvalue weighted by molar-refractivity contribution is -0.138. The third-order valence-corrected chi connectivity index (χ3v) is 4.31. The SMILES string of the molecule is Cc1nc(C2CN(C(=O)Cc3cccc4cccnc34)CCO2)no1. The zero-order valence-electron chi connectivity index (χ0n) is 13.9. The molecule has 25 heavy (non-hydrogen) atoms. The van der Waals surface area contributed by atoms with Gasteiger partial charge in [0.05, 0.1) is 25.1 Å². The molecule has 0 N–H and O–H groups in total. The molecule has 0 spiro atoms. The van der Waals surface area contributed by atoms with Gasteiger partial charge in [0.25, 0.3) is 0 Å². The molecule has 0 saturated carbocycles. The molecule has 2 aromatic heterocycles. The number of benzene rings is 1. The van der Waals surface area contributed by atoms with E-state index in [-0.39, 0.29) is 12.0 Å². The van der Waals surface area contributed by atoms with E-state index in [0.717, 1.165) is 16.5 Å². The molecule has 0 radical (unpaired) electrons. The van der Waals surface area contributed by atoms with Crippen LogP contribution in [0.3, 0.4) is 0 Å². The Kier molecular flexibility index (Phi) is 4.15. The predicted molar refractivity (Wildman–Crippen MR) is 89.8 cm³/mol. The van der Waals surface area contributed by atoms with E-state index in [1.54, 1.807) is 18.0 Å². The fourth-order valence-corrected chi connectivity index (χ4v) is 3.06. The Morgan fingerprint density at radius 3 is 3.04 bits per heavy atom. The Bertz CT molecular complexity index is 903. The second kappa shape index (κ2) is 6.60. The lowest BCUT2D eigenvalue weighted by Gasteiger charge is -2.31. The van der Waals surface area contributed by atoms with Crippen LogP contribution >= 0.6 is 0 Å². The van der Waals surface area contributed by atoms with Gasteiger partial charge in [-0.1, -0.05) is 29.4 Å². The van der Waals surface area contributed by atoms with Crippen LogP contribution in [0, 0.1) is 6.92 Å². The highest BCUT2D eigenvalue weighted by Crippen LogP contribution is 2.22. The van der Waals surface area contributed by atoms with Gasteiger partial charge in [0, 0.05) is 25.1 Å². The van der Waals surface area contributed by atoms with E-state index in [1.807, 2.05) is 30.3 Å². The molecule has 7 heteroatoms. The molecule has 128 valence electrons. The first-order valence-electron chi connectivity index (χ1n) is 8.23. The Morgan fingerprint density at radius 1 is 1.32 bits per heavy atom. The number of hydrogen-bond acceptors (Lipinski definition) is 6. The first kappa shape index (κ1) is 15.7. The lowest BCUT2D eigenvalue weighted by Crippen LogP contribution is -2.43. The number of ether oxygens (including phenoxy) is 1. The van der Waals surface area contributed by atoms with Gasteiger partial charge in [-0.2, -0.15) is 4.98 Å². The van der Waals surface area contributed by atoms with E-state index in [4.69, 9.17) is 9.26 Å². The fraction of sp³-hybridized carbons (Fsp3) is 0.333. The minimum Gasteiger partial charge on any atom is -0.366 e. The third kappa shape index (κ3) is 3.23. The highest BCUT2D eigenvalue weighted by molar-refractivity contribution is 5.87. The predicted octanol–water partition coefficient (Wildman–Crippen LogP) is 2.07. The van der Waals surface area contributed by atoms with Gasteiger partial charge in [-0.15, -0.1) is 0 Å². The Hall–Kier alpha value is -2.80. The van der Waals surface area contributed by atoms with E-state index in [1.165, 1.54) is 0 Å². The zero-order valence-corrected chi connectivity index (χ0v) is 13.9. The van der Waals surface area contributed by atoms with Crippen molar-refractivity contribution in [1.29, 1.82) is 0 Å². The molecule has 1 amide bonds. The van der Waals surface area contributed by atoms with Crippen LogP contribution in [0.1, 0.15) is 23.4 Å². The summed E-state index contributed by atoms with van der Waals surface area (Å²) in [7, 11) is 0. The number of morpholine rings is 1. The van der Waals surface area contributed by atoms with Gasteiger partial charge in [-0.05, 0) is 11.6 Å². The minimum atomic E-state index is -0.346. The molecule has 0 bridgehead atoms. The quantitative estimate of drug-likeness (QED) is 0.727. The zero-order chi connectivity index (χ0) is 17.2. The Morgan fingerprint density at radius 2 is 2.20 bits per heavy atom. The maximum absolute atomic E-state index is 12.8. The van der Waals surface area contributed by atoms with Crippen molar-refractivity contribution in [1.82, 2.24) is 20.0 Å².